The second-order valence-corrected chi connectivity index (χ2v) is 9.96. The minimum Gasteiger partial charge on any atom is -0.332 e. The quantitative estimate of drug-likeness (QED) is 0.273. The zero-order valence-electron chi connectivity index (χ0n) is 14.9. The summed E-state index contributed by atoms with van der Waals surface area (Å²) in [6.07, 6.45) is 1.53. The molecule has 4 amide bonds. The summed E-state index contributed by atoms with van der Waals surface area (Å²) in [6, 6.07) is 5.71. The minimum atomic E-state index is -3.27. The Morgan fingerprint density at radius 2 is 1.89 bits per heavy atom. The van der Waals surface area contributed by atoms with Crippen molar-refractivity contribution in [3.63, 3.8) is 0 Å². The van der Waals surface area contributed by atoms with E-state index in [2.05, 4.69) is 37.4 Å². The number of hydrogen-bond acceptors (Lipinski definition) is 5. The van der Waals surface area contributed by atoms with Crippen LogP contribution in [0.5, 0.6) is 0 Å². The maximum absolute atomic E-state index is 12.2. The number of halogens is 1. The molecule has 11 heteroatoms. The normalized spacial score (nSPS) is 24.8. The van der Waals surface area contributed by atoms with Crippen LogP contribution in [0.2, 0.25) is 0 Å². The van der Waals surface area contributed by atoms with Crippen LogP contribution in [0.25, 0.3) is 0 Å². The molecule has 2 aliphatic rings. The first-order chi connectivity index (χ1) is 13.3. The SMILES string of the molecule is O=C(CCCC[C@H]1[C@H]2NC(=O)N[C@H]2CS1(=O)=O)NNC(=O)c1ccccc1Br. The smallest absolute Gasteiger partial charge is 0.315 e. The molecular formula is C17H21BrN4O5S. The van der Waals surface area contributed by atoms with Crippen molar-refractivity contribution in [3.8, 4) is 0 Å². The third-order valence-corrected chi connectivity index (χ3v) is 7.86. The topological polar surface area (TPSA) is 133 Å². The van der Waals surface area contributed by atoms with E-state index >= 15 is 0 Å². The molecular weight excluding hydrogens is 452 g/mol. The molecule has 0 unspecified atom stereocenters. The number of hydrazine groups is 1. The number of nitrogens with one attached hydrogen (secondary N) is 4. The minimum absolute atomic E-state index is 0.0529. The van der Waals surface area contributed by atoms with Gasteiger partial charge >= 0.3 is 6.03 Å². The van der Waals surface area contributed by atoms with Gasteiger partial charge in [-0.3, -0.25) is 20.4 Å². The van der Waals surface area contributed by atoms with Crippen LogP contribution < -0.4 is 21.5 Å². The van der Waals surface area contributed by atoms with Crippen molar-refractivity contribution >= 4 is 43.6 Å². The first-order valence-electron chi connectivity index (χ1n) is 8.90. The molecule has 2 heterocycles. The Bertz CT molecular complexity index is 891. The lowest BCUT2D eigenvalue weighted by Crippen LogP contribution is -2.41. The van der Waals surface area contributed by atoms with Gasteiger partial charge in [0.2, 0.25) is 5.91 Å². The Morgan fingerprint density at radius 1 is 1.14 bits per heavy atom. The average molecular weight is 473 g/mol. The molecule has 0 radical (unpaired) electrons. The Labute approximate surface area is 171 Å². The largest absolute Gasteiger partial charge is 0.332 e. The van der Waals surface area contributed by atoms with Crippen molar-refractivity contribution in [2.75, 3.05) is 5.75 Å². The summed E-state index contributed by atoms with van der Waals surface area (Å²) in [4.78, 5) is 35.3. The van der Waals surface area contributed by atoms with Crippen molar-refractivity contribution in [1.29, 1.82) is 0 Å². The number of amides is 4. The van der Waals surface area contributed by atoms with E-state index in [0.29, 0.717) is 29.3 Å². The first kappa shape index (κ1) is 20.6. The van der Waals surface area contributed by atoms with E-state index in [4.69, 9.17) is 0 Å². The van der Waals surface area contributed by atoms with Crippen LogP contribution >= 0.6 is 15.9 Å². The molecule has 4 N–H and O–H groups in total. The molecule has 2 saturated heterocycles. The van der Waals surface area contributed by atoms with Gasteiger partial charge in [0.05, 0.1) is 28.6 Å². The standard InChI is InChI=1S/C17H21BrN4O5S/c18-11-6-2-1-5-10(11)16(24)22-21-14(23)8-4-3-7-13-15-12(9-28(13,26)27)19-17(25)20-15/h1-2,5-6,12-13,15H,3-4,7-9H2,(H,21,23)(H,22,24)(H2,19,20,25)/t12-,13-,15-/m0/s1. The van der Waals surface area contributed by atoms with E-state index in [9.17, 15) is 22.8 Å². The Balaban J connectivity index is 1.39. The highest BCUT2D eigenvalue weighted by Gasteiger charge is 2.51. The Morgan fingerprint density at radius 3 is 2.64 bits per heavy atom. The second kappa shape index (κ2) is 8.48. The molecule has 3 rings (SSSR count). The van der Waals surface area contributed by atoms with Crippen molar-refractivity contribution in [2.45, 2.75) is 43.0 Å². The van der Waals surface area contributed by atoms with E-state index in [0.717, 1.165) is 0 Å². The highest BCUT2D eigenvalue weighted by molar-refractivity contribution is 9.10. The Hall–Kier alpha value is -2.14. The molecule has 1 aromatic rings. The van der Waals surface area contributed by atoms with Gasteiger partial charge in [0.1, 0.15) is 0 Å². The fraction of sp³-hybridized carbons (Fsp3) is 0.471. The van der Waals surface area contributed by atoms with Gasteiger partial charge in [-0.05, 0) is 40.9 Å². The number of rotatable bonds is 6. The van der Waals surface area contributed by atoms with E-state index in [1.165, 1.54) is 0 Å². The zero-order valence-corrected chi connectivity index (χ0v) is 17.3. The number of hydrogen-bond donors (Lipinski definition) is 4. The van der Waals surface area contributed by atoms with Crippen molar-refractivity contribution < 1.29 is 22.8 Å². The fourth-order valence-corrected chi connectivity index (χ4v) is 6.27. The summed E-state index contributed by atoms with van der Waals surface area (Å²) in [7, 11) is -3.27. The van der Waals surface area contributed by atoms with Crippen molar-refractivity contribution in [1.82, 2.24) is 21.5 Å². The van der Waals surface area contributed by atoms with Crippen LogP contribution in [0.1, 0.15) is 36.0 Å². The molecule has 152 valence electrons. The van der Waals surface area contributed by atoms with Gasteiger partial charge < -0.3 is 10.6 Å². The number of sulfone groups is 1. The summed E-state index contributed by atoms with van der Waals surface area (Å²) in [5.41, 5.74) is 5.10. The molecule has 2 aliphatic heterocycles. The Kier molecular flexibility index (Phi) is 6.23. The van der Waals surface area contributed by atoms with Crippen LogP contribution in [-0.2, 0) is 14.6 Å². The average Bonchev–Trinajstić information content (AvgIpc) is 3.08. The monoisotopic (exact) mass is 472 g/mol. The molecule has 0 spiro atoms. The summed E-state index contributed by atoms with van der Waals surface area (Å²) in [5, 5.41) is 4.65. The molecule has 0 saturated carbocycles. The molecule has 28 heavy (non-hydrogen) atoms. The molecule has 9 nitrogen and oxygen atoms in total. The number of urea groups is 1. The lowest BCUT2D eigenvalue weighted by Gasteiger charge is -2.16. The van der Waals surface area contributed by atoms with E-state index in [1.54, 1.807) is 24.3 Å². The highest BCUT2D eigenvalue weighted by Crippen LogP contribution is 2.28. The van der Waals surface area contributed by atoms with E-state index in [1.807, 2.05) is 0 Å². The predicted octanol–water partition coefficient (Wildman–Crippen LogP) is 0.618. The van der Waals surface area contributed by atoms with Crippen molar-refractivity contribution in [2.24, 2.45) is 0 Å². The van der Waals surface area contributed by atoms with Crippen molar-refractivity contribution in [3.05, 3.63) is 34.3 Å². The number of benzene rings is 1. The maximum Gasteiger partial charge on any atom is 0.315 e. The predicted molar refractivity (Wildman–Crippen MR) is 105 cm³/mol. The molecule has 0 bridgehead atoms. The van der Waals surface area contributed by atoms with Gasteiger partial charge in [-0.15, -0.1) is 0 Å². The number of carbonyl (C=O) groups excluding carboxylic acids is 3. The summed E-state index contributed by atoms with van der Waals surface area (Å²) < 4.78 is 25.1. The lowest BCUT2D eigenvalue weighted by atomic mass is 10.0. The summed E-state index contributed by atoms with van der Waals surface area (Å²) >= 11 is 3.27. The van der Waals surface area contributed by atoms with Gasteiger partial charge in [-0.2, -0.15) is 0 Å². The van der Waals surface area contributed by atoms with Gasteiger partial charge in [0.25, 0.3) is 5.91 Å². The van der Waals surface area contributed by atoms with Gasteiger partial charge in [0.15, 0.2) is 9.84 Å². The van der Waals surface area contributed by atoms with Crippen LogP contribution in [0.3, 0.4) is 0 Å². The van der Waals surface area contributed by atoms with Gasteiger partial charge in [-0.1, -0.05) is 18.6 Å². The number of carbonyl (C=O) groups is 3. The molecule has 2 fully saturated rings. The molecule has 0 aromatic heterocycles. The number of unbranched alkanes of at least 4 members (excludes halogenated alkanes) is 1. The van der Waals surface area contributed by atoms with Crippen LogP contribution in [-0.4, -0.2) is 49.3 Å². The molecule has 0 aliphatic carbocycles. The van der Waals surface area contributed by atoms with Gasteiger partial charge in [-0.25, -0.2) is 13.2 Å². The van der Waals surface area contributed by atoms with Crippen LogP contribution in [0.4, 0.5) is 4.79 Å². The number of fused-ring (bicyclic) bond motifs is 1. The van der Waals surface area contributed by atoms with E-state index < -0.39 is 27.0 Å². The highest BCUT2D eigenvalue weighted by atomic mass is 79.9. The lowest BCUT2D eigenvalue weighted by molar-refractivity contribution is -0.122. The third kappa shape index (κ3) is 4.64. The van der Waals surface area contributed by atoms with Gasteiger partial charge in [0, 0.05) is 10.9 Å². The molecule has 1 aromatic carbocycles. The van der Waals surface area contributed by atoms with Crippen LogP contribution in [0, 0.1) is 0 Å². The fourth-order valence-electron chi connectivity index (χ4n) is 3.54. The third-order valence-electron chi connectivity index (χ3n) is 4.90. The summed E-state index contributed by atoms with van der Waals surface area (Å²) in [6.45, 7) is 0. The zero-order chi connectivity index (χ0) is 20.3. The van der Waals surface area contributed by atoms with E-state index in [-0.39, 0.29) is 30.2 Å². The molecule has 3 atom stereocenters. The second-order valence-electron chi connectivity index (χ2n) is 6.85. The first-order valence-corrected chi connectivity index (χ1v) is 11.4. The maximum atomic E-state index is 12.2. The van der Waals surface area contributed by atoms with Crippen LogP contribution in [0.15, 0.2) is 28.7 Å². The summed E-state index contributed by atoms with van der Waals surface area (Å²) in [5.74, 6) is -0.848.